The van der Waals surface area contributed by atoms with Gasteiger partial charge < -0.3 is 5.32 Å². The van der Waals surface area contributed by atoms with E-state index in [2.05, 4.69) is 10.4 Å². The number of benzene rings is 2. The SMILES string of the molecule is Cc1nn(C)cc1NC(=O)/C(=C\c1ccccc1)c1ccccc1. The average molecular weight is 317 g/mol. The summed E-state index contributed by atoms with van der Waals surface area (Å²) >= 11 is 0. The van der Waals surface area contributed by atoms with E-state index in [1.54, 1.807) is 10.9 Å². The molecule has 0 aliphatic rings. The fourth-order valence-corrected chi connectivity index (χ4v) is 2.53. The molecule has 3 rings (SSSR count). The number of hydrogen-bond acceptors (Lipinski definition) is 2. The second-order valence-corrected chi connectivity index (χ2v) is 5.59. The van der Waals surface area contributed by atoms with Crippen molar-refractivity contribution in [3.63, 3.8) is 0 Å². The van der Waals surface area contributed by atoms with Crippen LogP contribution in [0.1, 0.15) is 16.8 Å². The maximum atomic E-state index is 12.9. The largest absolute Gasteiger partial charge is 0.319 e. The molecule has 4 nitrogen and oxygen atoms in total. The quantitative estimate of drug-likeness (QED) is 0.586. The first kappa shape index (κ1) is 15.7. The van der Waals surface area contributed by atoms with Crippen molar-refractivity contribution in [1.82, 2.24) is 9.78 Å². The second-order valence-electron chi connectivity index (χ2n) is 5.59. The lowest BCUT2D eigenvalue weighted by Gasteiger charge is -2.09. The molecule has 0 atom stereocenters. The Balaban J connectivity index is 1.97. The highest BCUT2D eigenvalue weighted by atomic mass is 16.1. The fourth-order valence-electron chi connectivity index (χ4n) is 2.53. The Morgan fingerprint density at radius 2 is 1.67 bits per heavy atom. The molecule has 1 amide bonds. The van der Waals surface area contributed by atoms with E-state index in [9.17, 15) is 4.79 Å². The average Bonchev–Trinajstić information content (AvgIpc) is 2.91. The van der Waals surface area contributed by atoms with Crippen molar-refractivity contribution >= 4 is 23.2 Å². The van der Waals surface area contributed by atoms with Crippen molar-refractivity contribution in [2.75, 3.05) is 5.32 Å². The van der Waals surface area contributed by atoms with Crippen LogP contribution in [0.4, 0.5) is 5.69 Å². The molecule has 0 unspecified atom stereocenters. The predicted octanol–water partition coefficient (Wildman–Crippen LogP) is 3.91. The van der Waals surface area contributed by atoms with Crippen LogP contribution in [0.15, 0.2) is 66.9 Å². The van der Waals surface area contributed by atoms with Crippen LogP contribution < -0.4 is 5.32 Å². The number of rotatable bonds is 4. The lowest BCUT2D eigenvalue weighted by atomic mass is 10.0. The molecule has 0 radical (unpaired) electrons. The lowest BCUT2D eigenvalue weighted by molar-refractivity contribution is -0.111. The van der Waals surface area contributed by atoms with Gasteiger partial charge in [-0.2, -0.15) is 5.10 Å². The van der Waals surface area contributed by atoms with Crippen LogP contribution in [0.25, 0.3) is 11.6 Å². The maximum absolute atomic E-state index is 12.9. The molecule has 0 bridgehead atoms. The van der Waals surface area contributed by atoms with E-state index in [1.807, 2.05) is 80.7 Å². The van der Waals surface area contributed by atoms with Gasteiger partial charge in [-0.15, -0.1) is 0 Å². The van der Waals surface area contributed by atoms with Crippen molar-refractivity contribution in [2.24, 2.45) is 7.05 Å². The van der Waals surface area contributed by atoms with E-state index in [-0.39, 0.29) is 5.91 Å². The number of anilines is 1. The highest BCUT2D eigenvalue weighted by molar-refractivity contribution is 6.29. The Bertz CT molecular complexity index is 864. The van der Waals surface area contributed by atoms with Crippen LogP contribution in [0.2, 0.25) is 0 Å². The summed E-state index contributed by atoms with van der Waals surface area (Å²) < 4.78 is 1.69. The first-order valence-electron chi connectivity index (χ1n) is 7.77. The van der Waals surface area contributed by atoms with E-state index in [4.69, 9.17) is 0 Å². The Kier molecular flexibility index (Phi) is 4.57. The summed E-state index contributed by atoms with van der Waals surface area (Å²) in [7, 11) is 1.83. The number of carbonyl (C=O) groups excluding carboxylic acids is 1. The van der Waals surface area contributed by atoms with E-state index in [0.717, 1.165) is 22.5 Å². The van der Waals surface area contributed by atoms with Crippen LogP contribution in [-0.2, 0) is 11.8 Å². The fraction of sp³-hybridized carbons (Fsp3) is 0.100. The van der Waals surface area contributed by atoms with Gasteiger partial charge in [0.2, 0.25) is 0 Å². The Labute approximate surface area is 141 Å². The van der Waals surface area contributed by atoms with Crippen LogP contribution in [0, 0.1) is 6.92 Å². The molecular formula is C20H19N3O. The number of nitrogens with one attached hydrogen (secondary N) is 1. The third-order valence-corrected chi connectivity index (χ3v) is 3.70. The molecule has 0 aliphatic carbocycles. The Morgan fingerprint density at radius 3 is 2.25 bits per heavy atom. The van der Waals surface area contributed by atoms with Gasteiger partial charge in [-0.25, -0.2) is 0 Å². The first-order chi connectivity index (χ1) is 11.6. The second kappa shape index (κ2) is 6.96. The zero-order valence-electron chi connectivity index (χ0n) is 13.7. The molecule has 0 fully saturated rings. The van der Waals surface area contributed by atoms with Gasteiger partial charge in [0.1, 0.15) is 0 Å². The highest BCUT2D eigenvalue weighted by Gasteiger charge is 2.14. The number of nitrogens with zero attached hydrogens (tertiary/aromatic N) is 2. The Morgan fingerprint density at radius 1 is 1.04 bits per heavy atom. The molecule has 0 aliphatic heterocycles. The van der Waals surface area contributed by atoms with Crippen LogP contribution in [0.5, 0.6) is 0 Å². The van der Waals surface area contributed by atoms with Gasteiger partial charge in [0.15, 0.2) is 0 Å². The van der Waals surface area contributed by atoms with Crippen molar-refractivity contribution in [3.8, 4) is 0 Å². The minimum atomic E-state index is -0.152. The molecule has 4 heteroatoms. The van der Waals surface area contributed by atoms with Gasteiger partial charge in [-0.1, -0.05) is 60.7 Å². The van der Waals surface area contributed by atoms with Gasteiger partial charge in [0.25, 0.3) is 5.91 Å². The minimum absolute atomic E-state index is 0.152. The molecule has 0 saturated heterocycles. The number of carbonyl (C=O) groups is 1. The third-order valence-electron chi connectivity index (χ3n) is 3.70. The normalized spacial score (nSPS) is 11.3. The number of aromatic nitrogens is 2. The summed E-state index contributed by atoms with van der Waals surface area (Å²) in [4.78, 5) is 12.9. The lowest BCUT2D eigenvalue weighted by Crippen LogP contribution is -2.14. The first-order valence-corrected chi connectivity index (χ1v) is 7.77. The monoisotopic (exact) mass is 317 g/mol. The highest BCUT2D eigenvalue weighted by Crippen LogP contribution is 2.21. The molecule has 120 valence electrons. The van der Waals surface area contributed by atoms with Crippen molar-refractivity contribution < 1.29 is 4.79 Å². The van der Waals surface area contributed by atoms with Gasteiger partial charge in [-0.3, -0.25) is 9.48 Å². The summed E-state index contributed by atoms with van der Waals surface area (Å²) in [5.41, 5.74) is 3.98. The molecule has 3 aromatic rings. The van der Waals surface area contributed by atoms with E-state index in [0.29, 0.717) is 5.57 Å². The molecule has 0 spiro atoms. The molecule has 1 N–H and O–H groups in total. The zero-order chi connectivity index (χ0) is 16.9. The third kappa shape index (κ3) is 3.60. The molecular weight excluding hydrogens is 298 g/mol. The van der Waals surface area contributed by atoms with Gasteiger partial charge >= 0.3 is 0 Å². The zero-order valence-corrected chi connectivity index (χ0v) is 13.7. The molecule has 1 heterocycles. The van der Waals surface area contributed by atoms with Gasteiger partial charge in [0, 0.05) is 18.8 Å². The Hall–Kier alpha value is -3.14. The maximum Gasteiger partial charge on any atom is 0.256 e. The molecule has 0 saturated carbocycles. The number of hydrogen-bond donors (Lipinski definition) is 1. The predicted molar refractivity (Wildman–Crippen MR) is 97.3 cm³/mol. The summed E-state index contributed by atoms with van der Waals surface area (Å²) in [5.74, 6) is -0.152. The number of amides is 1. The van der Waals surface area contributed by atoms with Crippen LogP contribution in [0.3, 0.4) is 0 Å². The number of aryl methyl sites for hydroxylation is 2. The summed E-state index contributed by atoms with van der Waals surface area (Å²) in [6, 6.07) is 19.5. The summed E-state index contributed by atoms with van der Waals surface area (Å²) in [6.45, 7) is 1.87. The van der Waals surface area contributed by atoms with Crippen molar-refractivity contribution in [1.29, 1.82) is 0 Å². The van der Waals surface area contributed by atoms with E-state index >= 15 is 0 Å². The van der Waals surface area contributed by atoms with E-state index in [1.165, 1.54) is 0 Å². The summed E-state index contributed by atoms with van der Waals surface area (Å²) in [6.07, 6.45) is 3.70. The van der Waals surface area contributed by atoms with Gasteiger partial charge in [0.05, 0.1) is 11.4 Å². The topological polar surface area (TPSA) is 46.9 Å². The van der Waals surface area contributed by atoms with Crippen molar-refractivity contribution in [3.05, 3.63) is 83.7 Å². The standard InChI is InChI=1S/C20H19N3O/c1-15-19(14-23(2)22-15)21-20(24)18(17-11-7-4-8-12-17)13-16-9-5-3-6-10-16/h3-14H,1-2H3,(H,21,24)/b18-13-. The van der Waals surface area contributed by atoms with Crippen LogP contribution in [-0.4, -0.2) is 15.7 Å². The molecule has 2 aromatic carbocycles. The van der Waals surface area contributed by atoms with Crippen molar-refractivity contribution in [2.45, 2.75) is 6.92 Å². The van der Waals surface area contributed by atoms with Crippen LogP contribution >= 0.6 is 0 Å². The summed E-state index contributed by atoms with van der Waals surface area (Å²) in [5, 5.41) is 7.22. The minimum Gasteiger partial charge on any atom is -0.319 e. The van der Waals surface area contributed by atoms with Gasteiger partial charge in [-0.05, 0) is 24.1 Å². The van der Waals surface area contributed by atoms with E-state index < -0.39 is 0 Å². The molecule has 1 aromatic heterocycles. The molecule has 24 heavy (non-hydrogen) atoms. The smallest absolute Gasteiger partial charge is 0.256 e.